The minimum absolute atomic E-state index is 0.0474. The fourth-order valence-electron chi connectivity index (χ4n) is 6.04. The Bertz CT molecular complexity index is 1140. The number of anilines is 1. The molecule has 2 aliphatic heterocycles. The molecule has 1 aromatic carbocycles. The summed E-state index contributed by atoms with van der Waals surface area (Å²) in [5.41, 5.74) is 0.464. The van der Waals surface area contributed by atoms with Crippen LogP contribution in [0.2, 0.25) is 0 Å². The summed E-state index contributed by atoms with van der Waals surface area (Å²) in [6.07, 6.45) is 20.1. The van der Waals surface area contributed by atoms with Gasteiger partial charge in [-0.3, -0.25) is 34.2 Å². The molecule has 0 aliphatic carbocycles. The van der Waals surface area contributed by atoms with Gasteiger partial charge >= 0.3 is 0 Å². The van der Waals surface area contributed by atoms with Gasteiger partial charge in [0, 0.05) is 26.1 Å². The van der Waals surface area contributed by atoms with Crippen molar-refractivity contribution in [3.05, 3.63) is 29.3 Å². The predicted octanol–water partition coefficient (Wildman–Crippen LogP) is 6.71. The molecule has 2 aliphatic rings. The van der Waals surface area contributed by atoms with Gasteiger partial charge in [-0.25, -0.2) is 0 Å². The lowest BCUT2D eigenvalue weighted by atomic mass is 10.0. The number of imide groups is 2. The van der Waals surface area contributed by atoms with E-state index in [0.29, 0.717) is 26.2 Å². The van der Waals surface area contributed by atoms with Crippen LogP contribution in [0, 0.1) is 0 Å². The van der Waals surface area contributed by atoms with Crippen LogP contribution in [0.3, 0.4) is 0 Å². The van der Waals surface area contributed by atoms with Gasteiger partial charge in [-0.15, -0.1) is 0 Å². The molecule has 0 saturated carbocycles. The second kappa shape index (κ2) is 21.6. The van der Waals surface area contributed by atoms with Gasteiger partial charge < -0.3 is 14.8 Å². The van der Waals surface area contributed by atoms with Crippen LogP contribution in [-0.2, 0) is 23.9 Å². The normalized spacial score (nSPS) is 16.2. The van der Waals surface area contributed by atoms with E-state index in [9.17, 15) is 24.0 Å². The molecule has 1 saturated heterocycles. The molecule has 1 fully saturated rings. The monoisotopic (exact) mass is 641 g/mol. The molecule has 1 unspecified atom stereocenters. The number of rotatable bonds is 25. The number of fused-ring (bicyclic) bond motifs is 1. The molecule has 3 rings (SSSR count). The Morgan fingerprint density at radius 3 is 1.91 bits per heavy atom. The predicted molar refractivity (Wildman–Crippen MR) is 178 cm³/mol. The van der Waals surface area contributed by atoms with Gasteiger partial charge in [0.05, 0.1) is 30.0 Å². The van der Waals surface area contributed by atoms with E-state index in [1.807, 2.05) is 0 Å². The number of nitrogens with one attached hydrogen (secondary N) is 2. The molecule has 2 heterocycles. The number of hydrogen-bond donors (Lipinski definition) is 2. The lowest BCUT2D eigenvalue weighted by molar-refractivity contribution is -0.136. The number of amides is 5. The summed E-state index contributed by atoms with van der Waals surface area (Å²) in [4.78, 5) is 63.4. The van der Waals surface area contributed by atoms with Crippen LogP contribution < -0.4 is 10.6 Å². The lowest BCUT2D eigenvalue weighted by Gasteiger charge is -2.27. The van der Waals surface area contributed by atoms with Gasteiger partial charge in [-0.1, -0.05) is 96.5 Å². The Morgan fingerprint density at radius 2 is 1.33 bits per heavy atom. The second-order valence-corrected chi connectivity index (χ2v) is 12.5. The average molecular weight is 642 g/mol. The highest BCUT2D eigenvalue weighted by Crippen LogP contribution is 2.32. The number of carbonyl (C=O) groups is 5. The lowest BCUT2D eigenvalue weighted by Crippen LogP contribution is -2.54. The molecule has 1 atom stereocenters. The molecule has 2 N–H and O–H groups in total. The van der Waals surface area contributed by atoms with E-state index >= 15 is 0 Å². The van der Waals surface area contributed by atoms with Gasteiger partial charge in [0.25, 0.3) is 11.8 Å². The van der Waals surface area contributed by atoms with Crippen molar-refractivity contribution in [1.29, 1.82) is 0 Å². The minimum atomic E-state index is -1.05. The largest absolute Gasteiger partial charge is 0.379 e. The highest BCUT2D eigenvalue weighted by molar-refractivity contribution is 6.26. The van der Waals surface area contributed by atoms with Crippen molar-refractivity contribution >= 4 is 35.2 Å². The maximum Gasteiger partial charge on any atom is 0.264 e. The van der Waals surface area contributed by atoms with Crippen molar-refractivity contribution in [2.24, 2.45) is 0 Å². The Labute approximate surface area is 274 Å². The topological polar surface area (TPSA) is 131 Å². The summed E-state index contributed by atoms with van der Waals surface area (Å²) in [6.45, 7) is 4.84. The van der Waals surface area contributed by atoms with Crippen LogP contribution in [0.15, 0.2) is 18.2 Å². The van der Waals surface area contributed by atoms with Gasteiger partial charge in [-0.2, -0.15) is 0 Å². The fourth-order valence-corrected chi connectivity index (χ4v) is 6.04. The third kappa shape index (κ3) is 12.6. The quantitative estimate of drug-likeness (QED) is 0.0896. The number of hydrogen-bond acceptors (Lipinski definition) is 7. The number of benzene rings is 1. The summed E-state index contributed by atoms with van der Waals surface area (Å²) in [7, 11) is 0. The third-order valence-electron chi connectivity index (χ3n) is 8.70. The van der Waals surface area contributed by atoms with Crippen LogP contribution in [0.4, 0.5) is 5.69 Å². The molecule has 10 heteroatoms. The molecule has 0 spiro atoms. The van der Waals surface area contributed by atoms with Gasteiger partial charge in [0.2, 0.25) is 17.7 Å². The molecule has 0 radical (unpaired) electrons. The number of carbonyl (C=O) groups excluding carboxylic acids is 5. The zero-order valence-corrected chi connectivity index (χ0v) is 27.9. The number of piperidine rings is 1. The van der Waals surface area contributed by atoms with Crippen LogP contribution >= 0.6 is 0 Å². The van der Waals surface area contributed by atoms with Crippen molar-refractivity contribution < 1.29 is 33.4 Å². The summed E-state index contributed by atoms with van der Waals surface area (Å²) >= 11 is 0. The number of nitrogens with zero attached hydrogens (tertiary/aromatic N) is 1. The molecular formula is C36H55N3O7. The summed E-state index contributed by atoms with van der Waals surface area (Å²) in [5.74, 6) is -2.60. The standard InChI is InChI=1S/C36H55N3O7/c1-2-3-4-5-6-7-8-9-10-11-12-13-16-24-45-26-27-46-25-17-14-15-21-31(40)37-29-20-18-19-28-33(29)36(44)39(35(28)43)30-22-23-32(41)38-34(30)42/h18-20,30H,2-17,21-27H2,1H3,(H,37,40)(H,38,41,42). The van der Waals surface area contributed by atoms with Crippen LogP contribution in [0.25, 0.3) is 0 Å². The van der Waals surface area contributed by atoms with Crippen molar-refractivity contribution in [2.75, 3.05) is 31.7 Å². The van der Waals surface area contributed by atoms with Crippen molar-refractivity contribution in [3.8, 4) is 0 Å². The third-order valence-corrected chi connectivity index (χ3v) is 8.70. The van der Waals surface area contributed by atoms with E-state index in [1.54, 1.807) is 12.1 Å². The molecule has 0 aromatic heterocycles. The zero-order chi connectivity index (χ0) is 33.0. The van der Waals surface area contributed by atoms with Crippen molar-refractivity contribution in [2.45, 2.75) is 135 Å². The van der Waals surface area contributed by atoms with E-state index < -0.39 is 29.7 Å². The first kappa shape index (κ1) is 37.3. The molecule has 0 bridgehead atoms. The van der Waals surface area contributed by atoms with Crippen LogP contribution in [-0.4, -0.2) is 66.9 Å². The highest BCUT2D eigenvalue weighted by Gasteiger charge is 2.45. The first-order valence-corrected chi connectivity index (χ1v) is 17.7. The Hall–Kier alpha value is -3.11. The molecule has 10 nitrogen and oxygen atoms in total. The molecular weight excluding hydrogens is 586 g/mol. The maximum absolute atomic E-state index is 13.2. The van der Waals surface area contributed by atoms with Crippen LogP contribution in [0.5, 0.6) is 0 Å². The van der Waals surface area contributed by atoms with E-state index in [2.05, 4.69) is 17.6 Å². The number of ether oxygens (including phenoxy) is 2. The summed E-state index contributed by atoms with van der Waals surface area (Å²) in [6, 6.07) is 3.62. The summed E-state index contributed by atoms with van der Waals surface area (Å²) < 4.78 is 11.3. The zero-order valence-electron chi connectivity index (χ0n) is 27.9. The minimum Gasteiger partial charge on any atom is -0.379 e. The van der Waals surface area contributed by atoms with E-state index in [0.717, 1.165) is 30.8 Å². The average Bonchev–Trinajstić information content (AvgIpc) is 3.29. The van der Waals surface area contributed by atoms with Crippen LogP contribution in [0.1, 0.15) is 150 Å². The van der Waals surface area contributed by atoms with Crippen molar-refractivity contribution in [1.82, 2.24) is 10.2 Å². The molecule has 1 aromatic rings. The smallest absolute Gasteiger partial charge is 0.264 e. The highest BCUT2D eigenvalue weighted by atomic mass is 16.5. The molecule has 46 heavy (non-hydrogen) atoms. The molecule has 256 valence electrons. The van der Waals surface area contributed by atoms with Gasteiger partial charge in [-0.05, 0) is 37.8 Å². The summed E-state index contributed by atoms with van der Waals surface area (Å²) in [5, 5.41) is 4.94. The van der Waals surface area contributed by atoms with E-state index in [1.165, 1.54) is 83.1 Å². The maximum atomic E-state index is 13.2. The molecule has 5 amide bonds. The van der Waals surface area contributed by atoms with Gasteiger partial charge in [0.15, 0.2) is 0 Å². The SMILES string of the molecule is CCCCCCCCCCCCCCCOCCOCCCCCC(=O)Nc1cccc2c1C(=O)N(C1CCC(=O)NC1=O)C2=O. The first-order chi connectivity index (χ1) is 22.4. The number of unbranched alkanes of at least 4 members (excludes halogenated alkanes) is 14. The fraction of sp³-hybridized carbons (Fsp3) is 0.694. The van der Waals surface area contributed by atoms with E-state index in [4.69, 9.17) is 9.47 Å². The van der Waals surface area contributed by atoms with Crippen molar-refractivity contribution in [3.63, 3.8) is 0 Å². The van der Waals surface area contributed by atoms with E-state index in [-0.39, 0.29) is 42.0 Å². The Kier molecular flexibility index (Phi) is 17.6. The second-order valence-electron chi connectivity index (χ2n) is 12.5. The Balaban J connectivity index is 1.16. The first-order valence-electron chi connectivity index (χ1n) is 17.7. The Morgan fingerprint density at radius 1 is 0.761 bits per heavy atom. The van der Waals surface area contributed by atoms with Gasteiger partial charge in [0.1, 0.15) is 6.04 Å².